The van der Waals surface area contributed by atoms with Gasteiger partial charge in [0.1, 0.15) is 10.7 Å². The Morgan fingerprint density at radius 3 is 2.62 bits per heavy atom. The van der Waals surface area contributed by atoms with E-state index >= 15 is 0 Å². The number of morpholine rings is 1. The SMILES string of the molecule is CC1CCN(C(=O)c2sc(N3CCOCC3)nc2N)CC1. The number of hydrogen-bond donors (Lipinski definition) is 1. The van der Waals surface area contributed by atoms with Crippen molar-refractivity contribution in [2.75, 3.05) is 50.0 Å². The second kappa shape index (κ2) is 6.19. The van der Waals surface area contributed by atoms with Gasteiger partial charge >= 0.3 is 0 Å². The zero-order chi connectivity index (χ0) is 14.8. The summed E-state index contributed by atoms with van der Waals surface area (Å²) < 4.78 is 5.34. The predicted octanol–water partition coefficient (Wildman–Crippen LogP) is 1.43. The quantitative estimate of drug-likeness (QED) is 0.895. The number of nitrogens with two attached hydrogens (primary N) is 1. The lowest BCUT2D eigenvalue weighted by Gasteiger charge is -2.30. The van der Waals surface area contributed by atoms with Crippen molar-refractivity contribution in [3.05, 3.63) is 4.88 Å². The molecule has 2 aliphatic rings. The van der Waals surface area contributed by atoms with Gasteiger partial charge in [-0.1, -0.05) is 18.3 Å². The minimum atomic E-state index is 0.0383. The topological polar surface area (TPSA) is 71.7 Å². The Labute approximate surface area is 128 Å². The van der Waals surface area contributed by atoms with Gasteiger partial charge in [-0.2, -0.15) is 0 Å². The van der Waals surface area contributed by atoms with Crippen molar-refractivity contribution >= 4 is 28.2 Å². The molecule has 3 rings (SSSR count). The second-order valence-corrected chi connectivity index (χ2v) is 6.76. The fourth-order valence-corrected chi connectivity index (χ4v) is 3.72. The first-order valence-electron chi connectivity index (χ1n) is 7.53. The summed E-state index contributed by atoms with van der Waals surface area (Å²) in [5, 5.41) is 0.838. The van der Waals surface area contributed by atoms with Crippen molar-refractivity contribution in [1.29, 1.82) is 0 Å². The van der Waals surface area contributed by atoms with Crippen molar-refractivity contribution in [2.45, 2.75) is 19.8 Å². The van der Waals surface area contributed by atoms with Crippen LogP contribution in [-0.2, 0) is 4.74 Å². The lowest BCUT2D eigenvalue weighted by molar-refractivity contribution is 0.0703. The molecule has 7 heteroatoms. The van der Waals surface area contributed by atoms with Gasteiger partial charge < -0.3 is 20.3 Å². The Bertz CT molecular complexity index is 505. The molecule has 0 aliphatic carbocycles. The first-order valence-corrected chi connectivity index (χ1v) is 8.35. The molecule has 2 aliphatic heterocycles. The fourth-order valence-electron chi connectivity index (χ4n) is 2.72. The number of aromatic nitrogens is 1. The van der Waals surface area contributed by atoms with E-state index in [1.807, 2.05) is 4.90 Å². The number of ether oxygens (including phenoxy) is 1. The molecule has 0 atom stereocenters. The number of thiazole rings is 1. The average Bonchev–Trinajstić information content (AvgIpc) is 2.90. The van der Waals surface area contributed by atoms with Crippen molar-refractivity contribution < 1.29 is 9.53 Å². The molecule has 0 aromatic carbocycles. The zero-order valence-corrected chi connectivity index (χ0v) is 13.2. The highest BCUT2D eigenvalue weighted by atomic mass is 32.1. The predicted molar refractivity (Wildman–Crippen MR) is 83.9 cm³/mol. The standard InChI is InChI=1S/C14H22N4O2S/c1-10-2-4-17(5-3-10)13(19)11-12(15)16-14(21-11)18-6-8-20-9-7-18/h10H,2-9,15H2,1H3. The molecule has 3 heterocycles. The molecule has 2 N–H and O–H groups in total. The molecule has 116 valence electrons. The number of nitrogens with zero attached hydrogens (tertiary/aromatic N) is 3. The van der Waals surface area contributed by atoms with Crippen LogP contribution >= 0.6 is 11.3 Å². The maximum Gasteiger partial charge on any atom is 0.267 e. The number of hydrogen-bond acceptors (Lipinski definition) is 6. The highest BCUT2D eigenvalue weighted by Gasteiger charge is 2.26. The maximum atomic E-state index is 12.6. The smallest absolute Gasteiger partial charge is 0.267 e. The Balaban J connectivity index is 1.72. The maximum absolute atomic E-state index is 12.6. The molecular formula is C14H22N4O2S. The van der Waals surface area contributed by atoms with Crippen LogP contribution in [0.15, 0.2) is 0 Å². The van der Waals surface area contributed by atoms with Crippen LogP contribution in [0.1, 0.15) is 29.4 Å². The van der Waals surface area contributed by atoms with Crippen molar-refractivity contribution in [3.8, 4) is 0 Å². The van der Waals surface area contributed by atoms with E-state index in [9.17, 15) is 4.79 Å². The van der Waals surface area contributed by atoms with Crippen LogP contribution in [0.3, 0.4) is 0 Å². The molecule has 6 nitrogen and oxygen atoms in total. The number of nitrogen functional groups attached to an aromatic ring is 1. The Morgan fingerprint density at radius 2 is 1.95 bits per heavy atom. The molecule has 0 radical (unpaired) electrons. The van der Waals surface area contributed by atoms with Crippen molar-refractivity contribution in [1.82, 2.24) is 9.88 Å². The Kier molecular flexibility index (Phi) is 4.30. The summed E-state index contributed by atoms with van der Waals surface area (Å²) >= 11 is 1.41. The summed E-state index contributed by atoms with van der Waals surface area (Å²) in [6.45, 7) is 6.90. The second-order valence-electron chi connectivity index (χ2n) is 5.78. The van der Waals surface area contributed by atoms with Crippen LogP contribution in [0.2, 0.25) is 0 Å². The largest absolute Gasteiger partial charge is 0.382 e. The van der Waals surface area contributed by atoms with E-state index in [0.29, 0.717) is 29.8 Å². The summed E-state index contributed by atoms with van der Waals surface area (Å²) in [6.07, 6.45) is 2.14. The van der Waals surface area contributed by atoms with E-state index in [2.05, 4.69) is 16.8 Å². The Hall–Kier alpha value is -1.34. The lowest BCUT2D eigenvalue weighted by Crippen LogP contribution is -2.37. The number of likely N-dealkylation sites (tertiary alicyclic amines) is 1. The number of carbonyl (C=O) groups is 1. The molecule has 1 amide bonds. The number of piperidine rings is 1. The first-order chi connectivity index (χ1) is 10.1. The third-order valence-electron chi connectivity index (χ3n) is 4.19. The van der Waals surface area contributed by atoms with Crippen LogP contribution in [0, 0.1) is 5.92 Å². The molecule has 2 fully saturated rings. The molecule has 21 heavy (non-hydrogen) atoms. The fraction of sp³-hybridized carbons (Fsp3) is 0.714. The van der Waals surface area contributed by atoms with Gasteiger partial charge in [-0.15, -0.1) is 0 Å². The molecule has 1 aromatic rings. The summed E-state index contributed by atoms with van der Waals surface area (Å²) in [7, 11) is 0. The number of amides is 1. The van der Waals surface area contributed by atoms with Crippen LogP contribution in [-0.4, -0.2) is 55.2 Å². The van der Waals surface area contributed by atoms with E-state index in [1.54, 1.807) is 0 Å². The van der Waals surface area contributed by atoms with E-state index in [0.717, 1.165) is 44.2 Å². The van der Waals surface area contributed by atoms with E-state index < -0.39 is 0 Å². The van der Waals surface area contributed by atoms with E-state index in [-0.39, 0.29) is 5.91 Å². The normalized spacial score (nSPS) is 20.8. The summed E-state index contributed by atoms with van der Waals surface area (Å²) in [6, 6.07) is 0. The van der Waals surface area contributed by atoms with Crippen LogP contribution < -0.4 is 10.6 Å². The summed E-state index contributed by atoms with van der Waals surface area (Å²) in [5.41, 5.74) is 5.98. The lowest BCUT2D eigenvalue weighted by atomic mass is 9.99. The number of rotatable bonds is 2. The van der Waals surface area contributed by atoms with Gasteiger partial charge in [-0.25, -0.2) is 4.98 Å². The van der Waals surface area contributed by atoms with Gasteiger partial charge in [-0.3, -0.25) is 4.79 Å². The minimum absolute atomic E-state index is 0.0383. The zero-order valence-electron chi connectivity index (χ0n) is 12.4. The number of carbonyl (C=O) groups excluding carboxylic acids is 1. The molecule has 2 saturated heterocycles. The molecule has 0 saturated carbocycles. The van der Waals surface area contributed by atoms with E-state index in [1.165, 1.54) is 11.3 Å². The van der Waals surface area contributed by atoms with Crippen LogP contribution in [0.5, 0.6) is 0 Å². The summed E-state index contributed by atoms with van der Waals surface area (Å²) in [5.74, 6) is 1.11. The van der Waals surface area contributed by atoms with Gasteiger partial charge in [0.2, 0.25) is 0 Å². The third-order valence-corrected chi connectivity index (χ3v) is 5.31. The average molecular weight is 310 g/mol. The minimum Gasteiger partial charge on any atom is -0.382 e. The van der Waals surface area contributed by atoms with Crippen LogP contribution in [0.25, 0.3) is 0 Å². The van der Waals surface area contributed by atoms with Crippen LogP contribution in [0.4, 0.5) is 10.9 Å². The molecule has 0 spiro atoms. The summed E-state index contributed by atoms with van der Waals surface area (Å²) in [4.78, 5) is 21.6. The highest BCUT2D eigenvalue weighted by Crippen LogP contribution is 2.30. The third kappa shape index (κ3) is 3.13. The number of anilines is 2. The monoisotopic (exact) mass is 310 g/mol. The molecule has 0 unspecified atom stereocenters. The van der Waals surface area contributed by atoms with Crippen molar-refractivity contribution in [2.24, 2.45) is 5.92 Å². The van der Waals surface area contributed by atoms with E-state index in [4.69, 9.17) is 10.5 Å². The van der Waals surface area contributed by atoms with Gasteiger partial charge in [0.05, 0.1) is 13.2 Å². The molecule has 1 aromatic heterocycles. The highest BCUT2D eigenvalue weighted by molar-refractivity contribution is 7.18. The van der Waals surface area contributed by atoms with Gasteiger partial charge in [0.15, 0.2) is 5.13 Å². The Morgan fingerprint density at radius 1 is 1.29 bits per heavy atom. The molecular weight excluding hydrogens is 288 g/mol. The van der Waals surface area contributed by atoms with Gasteiger partial charge in [0.25, 0.3) is 5.91 Å². The molecule has 0 bridgehead atoms. The first kappa shape index (κ1) is 14.6. The van der Waals surface area contributed by atoms with Gasteiger partial charge in [0, 0.05) is 26.2 Å². The van der Waals surface area contributed by atoms with Crippen molar-refractivity contribution in [3.63, 3.8) is 0 Å². The van der Waals surface area contributed by atoms with Gasteiger partial charge in [-0.05, 0) is 18.8 Å².